The average molecular weight is 426 g/mol. The van der Waals surface area contributed by atoms with Crippen molar-refractivity contribution in [3.63, 3.8) is 0 Å². The number of benzene rings is 2. The fraction of sp³-hybridized carbons (Fsp3) is 0.381. The Morgan fingerprint density at radius 3 is 2.45 bits per heavy atom. The van der Waals surface area contributed by atoms with Crippen LogP contribution in [0.15, 0.2) is 36.4 Å². The van der Waals surface area contributed by atoms with E-state index in [1.54, 1.807) is 0 Å². The van der Waals surface area contributed by atoms with Crippen molar-refractivity contribution >= 4 is 28.9 Å². The van der Waals surface area contributed by atoms with Crippen LogP contribution in [0.1, 0.15) is 16.7 Å². The Morgan fingerprint density at radius 1 is 1.10 bits per heavy atom. The summed E-state index contributed by atoms with van der Waals surface area (Å²) < 4.78 is 38.6. The highest BCUT2D eigenvalue weighted by Gasteiger charge is 2.31. The molecule has 4 nitrogen and oxygen atoms in total. The molecule has 1 fully saturated rings. The van der Waals surface area contributed by atoms with Crippen molar-refractivity contribution in [2.75, 3.05) is 42.9 Å². The van der Waals surface area contributed by atoms with Crippen molar-refractivity contribution in [3.8, 4) is 0 Å². The molecule has 0 aromatic heterocycles. The lowest BCUT2D eigenvalue weighted by Gasteiger charge is -2.36. The lowest BCUT2D eigenvalue weighted by Crippen LogP contribution is -2.48. The largest absolute Gasteiger partial charge is 0.416 e. The monoisotopic (exact) mass is 425 g/mol. The Balaban J connectivity index is 1.57. The van der Waals surface area contributed by atoms with Crippen LogP contribution < -0.4 is 10.2 Å². The molecule has 1 aliphatic heterocycles. The summed E-state index contributed by atoms with van der Waals surface area (Å²) in [6, 6.07) is 9.11. The molecule has 0 spiro atoms. The second-order valence-corrected chi connectivity index (χ2v) is 7.63. The number of piperazine rings is 1. The molecular weight excluding hydrogens is 403 g/mol. The summed E-state index contributed by atoms with van der Waals surface area (Å²) in [5, 5.41) is 2.58. The van der Waals surface area contributed by atoms with E-state index in [2.05, 4.69) is 36.2 Å². The number of nitrogens with zero attached hydrogens (tertiary/aromatic N) is 2. The van der Waals surface area contributed by atoms with E-state index in [0.29, 0.717) is 13.1 Å². The minimum atomic E-state index is -4.49. The Hall–Kier alpha value is -2.25. The van der Waals surface area contributed by atoms with Crippen LogP contribution in [0.3, 0.4) is 0 Å². The number of hydrogen-bond donors (Lipinski definition) is 1. The van der Waals surface area contributed by atoms with Crippen LogP contribution in [0.4, 0.5) is 24.5 Å². The third-order valence-electron chi connectivity index (χ3n) is 5.22. The van der Waals surface area contributed by atoms with Gasteiger partial charge in [-0.3, -0.25) is 9.69 Å². The zero-order chi connectivity index (χ0) is 21.2. The molecule has 3 rings (SSSR count). The van der Waals surface area contributed by atoms with Gasteiger partial charge in [0.05, 0.1) is 22.8 Å². The van der Waals surface area contributed by atoms with Crippen LogP contribution >= 0.6 is 11.6 Å². The molecule has 1 saturated heterocycles. The quantitative estimate of drug-likeness (QED) is 0.768. The molecule has 0 atom stereocenters. The second-order valence-electron chi connectivity index (χ2n) is 7.22. The van der Waals surface area contributed by atoms with Crippen molar-refractivity contribution in [3.05, 3.63) is 58.1 Å². The summed E-state index contributed by atoms with van der Waals surface area (Å²) in [6.07, 6.45) is -4.49. The maximum Gasteiger partial charge on any atom is 0.416 e. The Kier molecular flexibility index (Phi) is 6.39. The molecule has 0 saturated carbocycles. The smallest absolute Gasteiger partial charge is 0.369 e. The fourth-order valence-corrected chi connectivity index (χ4v) is 3.58. The normalized spacial score (nSPS) is 15.4. The minimum absolute atomic E-state index is 0.0273. The van der Waals surface area contributed by atoms with Gasteiger partial charge in [0.15, 0.2) is 0 Å². The van der Waals surface area contributed by atoms with E-state index in [-0.39, 0.29) is 23.2 Å². The Morgan fingerprint density at radius 2 is 1.79 bits per heavy atom. The third-order valence-corrected chi connectivity index (χ3v) is 5.55. The highest BCUT2D eigenvalue weighted by Crippen LogP contribution is 2.33. The number of hydrogen-bond acceptors (Lipinski definition) is 3. The lowest BCUT2D eigenvalue weighted by atomic mass is 10.1. The van der Waals surface area contributed by atoms with Crippen molar-refractivity contribution in [1.82, 2.24) is 4.90 Å². The van der Waals surface area contributed by atoms with Gasteiger partial charge in [-0.1, -0.05) is 23.7 Å². The van der Waals surface area contributed by atoms with Gasteiger partial charge in [-0.25, -0.2) is 0 Å². The van der Waals surface area contributed by atoms with E-state index in [4.69, 9.17) is 11.6 Å². The number of amides is 1. The zero-order valence-corrected chi connectivity index (χ0v) is 17.1. The van der Waals surface area contributed by atoms with Gasteiger partial charge in [0, 0.05) is 31.9 Å². The highest BCUT2D eigenvalue weighted by molar-refractivity contribution is 6.33. The predicted octanol–water partition coefficient (Wildman–Crippen LogP) is 4.74. The van der Waals surface area contributed by atoms with Gasteiger partial charge in [0.25, 0.3) is 0 Å². The van der Waals surface area contributed by atoms with Crippen LogP contribution in [-0.2, 0) is 11.0 Å². The van der Waals surface area contributed by atoms with Crippen LogP contribution in [0, 0.1) is 13.8 Å². The standard InChI is InChI=1S/C21H23ClF3N3O/c1-14-4-3-5-19(15(14)2)28-10-8-27(9-11-28)13-20(29)26-18-12-16(21(23,24)25)6-7-17(18)22/h3-7,12H,8-11,13H2,1-2H3,(H,26,29). The molecular formula is C21H23ClF3N3O. The van der Waals surface area contributed by atoms with E-state index in [1.165, 1.54) is 16.8 Å². The van der Waals surface area contributed by atoms with E-state index in [0.717, 1.165) is 31.3 Å². The van der Waals surface area contributed by atoms with Crippen molar-refractivity contribution in [1.29, 1.82) is 0 Å². The predicted molar refractivity (Wildman–Crippen MR) is 110 cm³/mol. The van der Waals surface area contributed by atoms with Gasteiger partial charge in [0.1, 0.15) is 0 Å². The van der Waals surface area contributed by atoms with Crippen LogP contribution in [0.5, 0.6) is 0 Å². The second kappa shape index (κ2) is 8.63. The van der Waals surface area contributed by atoms with Gasteiger partial charge < -0.3 is 10.2 Å². The average Bonchev–Trinajstić information content (AvgIpc) is 2.65. The molecule has 1 heterocycles. The van der Waals surface area contributed by atoms with Crippen molar-refractivity contribution in [2.45, 2.75) is 20.0 Å². The molecule has 156 valence electrons. The van der Waals surface area contributed by atoms with Crippen LogP contribution in [0.2, 0.25) is 5.02 Å². The van der Waals surface area contributed by atoms with Gasteiger partial charge in [-0.2, -0.15) is 13.2 Å². The number of halogens is 4. The summed E-state index contributed by atoms with van der Waals surface area (Å²) >= 11 is 5.95. The van der Waals surface area contributed by atoms with E-state index in [9.17, 15) is 18.0 Å². The number of anilines is 2. The molecule has 0 bridgehead atoms. The first kappa shape index (κ1) is 21.5. The SMILES string of the molecule is Cc1cccc(N2CCN(CC(=O)Nc3cc(C(F)(F)F)ccc3Cl)CC2)c1C. The topological polar surface area (TPSA) is 35.6 Å². The molecule has 2 aromatic carbocycles. The first-order valence-electron chi connectivity index (χ1n) is 9.35. The van der Waals surface area contributed by atoms with Gasteiger partial charge >= 0.3 is 6.18 Å². The number of nitrogens with one attached hydrogen (secondary N) is 1. The molecule has 29 heavy (non-hydrogen) atoms. The molecule has 1 aliphatic rings. The number of carbonyl (C=O) groups is 1. The van der Waals surface area contributed by atoms with E-state index in [1.807, 2.05) is 11.0 Å². The summed E-state index contributed by atoms with van der Waals surface area (Å²) in [4.78, 5) is 16.6. The Bertz CT molecular complexity index is 893. The summed E-state index contributed by atoms with van der Waals surface area (Å²) in [7, 11) is 0. The first-order chi connectivity index (χ1) is 13.6. The van der Waals surface area contributed by atoms with Gasteiger partial charge in [-0.15, -0.1) is 0 Å². The Labute approximate surface area is 173 Å². The summed E-state index contributed by atoms with van der Waals surface area (Å²) in [5.74, 6) is -0.383. The van der Waals surface area contributed by atoms with Gasteiger partial charge in [0.2, 0.25) is 5.91 Å². The van der Waals surface area contributed by atoms with Crippen molar-refractivity contribution < 1.29 is 18.0 Å². The number of alkyl halides is 3. The number of aryl methyl sites for hydroxylation is 1. The van der Waals surface area contributed by atoms with Gasteiger partial charge in [-0.05, 0) is 49.2 Å². The summed E-state index contributed by atoms with van der Waals surface area (Å²) in [5.41, 5.74) is 2.81. The molecule has 0 radical (unpaired) electrons. The maximum atomic E-state index is 12.9. The van der Waals surface area contributed by atoms with Crippen LogP contribution in [-0.4, -0.2) is 43.5 Å². The van der Waals surface area contributed by atoms with Crippen LogP contribution in [0.25, 0.3) is 0 Å². The highest BCUT2D eigenvalue weighted by atomic mass is 35.5. The molecule has 1 amide bonds. The summed E-state index contributed by atoms with van der Waals surface area (Å²) in [6.45, 7) is 7.23. The molecule has 1 N–H and O–H groups in total. The third kappa shape index (κ3) is 5.22. The number of carbonyl (C=O) groups excluding carboxylic acids is 1. The molecule has 2 aromatic rings. The molecule has 8 heteroatoms. The molecule has 0 aliphatic carbocycles. The van der Waals surface area contributed by atoms with Crippen molar-refractivity contribution in [2.24, 2.45) is 0 Å². The van der Waals surface area contributed by atoms with E-state index < -0.39 is 11.7 Å². The maximum absolute atomic E-state index is 12.9. The minimum Gasteiger partial charge on any atom is -0.369 e. The first-order valence-corrected chi connectivity index (χ1v) is 9.73. The van der Waals surface area contributed by atoms with E-state index >= 15 is 0 Å². The number of rotatable bonds is 4. The lowest BCUT2D eigenvalue weighted by molar-refractivity contribution is -0.137. The fourth-order valence-electron chi connectivity index (χ4n) is 3.42. The molecule has 0 unspecified atom stereocenters. The zero-order valence-electron chi connectivity index (χ0n) is 16.3.